The average molecular weight is 319 g/mol. The van der Waals surface area contributed by atoms with Crippen molar-refractivity contribution in [1.82, 2.24) is 0 Å². The van der Waals surface area contributed by atoms with Crippen molar-refractivity contribution in [2.45, 2.75) is 89.9 Å². The standard InChI is InChI=1S/C21H34O2/c22-21(23)16-9-8-12-18-11-6-4-2-1-3-5-7-13-19-14-10-15-20(19)17-18/h7,12-13,19-20H,1-6,8-11,14-17H2,(H,22,23)/t19-,20+/m0/s1. The van der Waals surface area contributed by atoms with Crippen LogP contribution in [0.2, 0.25) is 0 Å². The lowest BCUT2D eigenvalue weighted by Gasteiger charge is -2.19. The summed E-state index contributed by atoms with van der Waals surface area (Å²) in [6.45, 7) is 0. The first-order valence-electron chi connectivity index (χ1n) is 9.82. The van der Waals surface area contributed by atoms with Crippen LogP contribution in [0.25, 0.3) is 0 Å². The van der Waals surface area contributed by atoms with Crippen molar-refractivity contribution < 1.29 is 9.90 Å². The molecular weight excluding hydrogens is 284 g/mol. The minimum Gasteiger partial charge on any atom is -0.481 e. The fraction of sp³-hybridized carbons (Fsp3) is 0.762. The van der Waals surface area contributed by atoms with E-state index in [1.807, 2.05) is 0 Å². The zero-order chi connectivity index (χ0) is 16.3. The summed E-state index contributed by atoms with van der Waals surface area (Å²) in [4.78, 5) is 10.7. The number of carboxylic acids is 1. The summed E-state index contributed by atoms with van der Waals surface area (Å²) in [6.07, 6.45) is 24.0. The number of rotatable bonds is 4. The first-order valence-corrected chi connectivity index (χ1v) is 9.82. The molecule has 0 aromatic rings. The monoisotopic (exact) mass is 318 g/mol. The zero-order valence-corrected chi connectivity index (χ0v) is 14.6. The molecule has 0 spiro atoms. The Morgan fingerprint density at radius 2 is 1.96 bits per heavy atom. The Morgan fingerprint density at radius 1 is 1.13 bits per heavy atom. The maximum absolute atomic E-state index is 10.7. The van der Waals surface area contributed by atoms with Gasteiger partial charge in [0.25, 0.3) is 0 Å². The van der Waals surface area contributed by atoms with Gasteiger partial charge in [-0.3, -0.25) is 4.79 Å². The van der Waals surface area contributed by atoms with Gasteiger partial charge in [0, 0.05) is 6.42 Å². The van der Waals surface area contributed by atoms with E-state index in [-0.39, 0.29) is 0 Å². The van der Waals surface area contributed by atoms with E-state index in [0.29, 0.717) is 6.42 Å². The van der Waals surface area contributed by atoms with Crippen molar-refractivity contribution in [1.29, 1.82) is 0 Å². The van der Waals surface area contributed by atoms with Gasteiger partial charge in [0.05, 0.1) is 0 Å². The lowest BCUT2D eigenvalue weighted by Crippen LogP contribution is -2.07. The number of aliphatic carboxylic acids is 1. The van der Waals surface area contributed by atoms with Crippen LogP contribution in [-0.4, -0.2) is 11.1 Å². The second-order valence-electron chi connectivity index (χ2n) is 7.44. The zero-order valence-electron chi connectivity index (χ0n) is 14.6. The second kappa shape index (κ2) is 10.7. The van der Waals surface area contributed by atoms with E-state index >= 15 is 0 Å². The van der Waals surface area contributed by atoms with Crippen LogP contribution in [-0.2, 0) is 4.79 Å². The van der Waals surface area contributed by atoms with Gasteiger partial charge in [-0.05, 0) is 69.6 Å². The molecule has 0 aliphatic heterocycles. The predicted octanol–water partition coefficient (Wildman–Crippen LogP) is 6.27. The second-order valence-corrected chi connectivity index (χ2v) is 7.44. The van der Waals surface area contributed by atoms with E-state index in [1.165, 1.54) is 70.6 Å². The van der Waals surface area contributed by atoms with E-state index in [9.17, 15) is 4.79 Å². The van der Waals surface area contributed by atoms with Gasteiger partial charge in [-0.25, -0.2) is 0 Å². The Balaban J connectivity index is 1.93. The number of carboxylic acid groups (broad SMARTS) is 1. The molecular formula is C21H34O2. The third-order valence-corrected chi connectivity index (χ3v) is 5.52. The molecule has 1 fully saturated rings. The molecule has 2 heteroatoms. The highest BCUT2D eigenvalue weighted by Gasteiger charge is 2.25. The molecule has 2 aliphatic carbocycles. The van der Waals surface area contributed by atoms with Gasteiger partial charge in [0.2, 0.25) is 0 Å². The molecule has 0 unspecified atom stereocenters. The molecule has 1 N–H and O–H groups in total. The molecule has 0 heterocycles. The number of unbranched alkanes of at least 4 members (excludes halogenated alkanes) is 1. The van der Waals surface area contributed by atoms with Gasteiger partial charge < -0.3 is 5.11 Å². The van der Waals surface area contributed by atoms with Crippen LogP contribution in [0.4, 0.5) is 0 Å². The summed E-state index contributed by atoms with van der Waals surface area (Å²) >= 11 is 0. The van der Waals surface area contributed by atoms with Gasteiger partial charge in [-0.15, -0.1) is 0 Å². The highest BCUT2D eigenvalue weighted by molar-refractivity contribution is 5.66. The molecule has 23 heavy (non-hydrogen) atoms. The third-order valence-electron chi connectivity index (χ3n) is 5.52. The Morgan fingerprint density at radius 3 is 2.83 bits per heavy atom. The normalized spacial score (nSPS) is 28.6. The summed E-state index contributed by atoms with van der Waals surface area (Å²) in [5, 5.41) is 8.78. The Bertz CT molecular complexity index is 408. The summed E-state index contributed by atoms with van der Waals surface area (Å²) in [6, 6.07) is 0. The molecule has 0 aromatic carbocycles. The predicted molar refractivity (Wildman–Crippen MR) is 96.5 cm³/mol. The van der Waals surface area contributed by atoms with Crippen LogP contribution < -0.4 is 0 Å². The summed E-state index contributed by atoms with van der Waals surface area (Å²) in [7, 11) is 0. The topological polar surface area (TPSA) is 37.3 Å². The van der Waals surface area contributed by atoms with Crippen LogP contribution in [0, 0.1) is 11.8 Å². The van der Waals surface area contributed by atoms with Crippen LogP contribution in [0.15, 0.2) is 23.8 Å². The molecule has 0 radical (unpaired) electrons. The van der Waals surface area contributed by atoms with Gasteiger partial charge in [0.1, 0.15) is 0 Å². The van der Waals surface area contributed by atoms with Crippen molar-refractivity contribution in [3.8, 4) is 0 Å². The lowest BCUT2D eigenvalue weighted by molar-refractivity contribution is -0.137. The summed E-state index contributed by atoms with van der Waals surface area (Å²) in [5.74, 6) is 0.954. The lowest BCUT2D eigenvalue weighted by atomic mass is 9.87. The quantitative estimate of drug-likeness (QED) is 0.489. The van der Waals surface area contributed by atoms with E-state index in [2.05, 4.69) is 18.2 Å². The fourth-order valence-corrected chi connectivity index (χ4v) is 4.17. The number of fused-ring (bicyclic) bond motifs is 1. The van der Waals surface area contributed by atoms with Crippen molar-refractivity contribution in [2.75, 3.05) is 0 Å². The van der Waals surface area contributed by atoms with E-state index in [4.69, 9.17) is 5.11 Å². The van der Waals surface area contributed by atoms with Crippen molar-refractivity contribution >= 4 is 5.97 Å². The molecule has 130 valence electrons. The average Bonchev–Trinajstić information content (AvgIpc) is 2.96. The Kier molecular flexibility index (Phi) is 8.49. The molecule has 0 bridgehead atoms. The number of hydrogen-bond acceptors (Lipinski definition) is 1. The van der Waals surface area contributed by atoms with Crippen LogP contribution in [0.5, 0.6) is 0 Å². The van der Waals surface area contributed by atoms with Crippen LogP contribution in [0.3, 0.4) is 0 Å². The number of allylic oxidation sites excluding steroid dienone is 4. The highest BCUT2D eigenvalue weighted by atomic mass is 16.4. The Hall–Kier alpha value is -1.05. The molecule has 2 nitrogen and oxygen atoms in total. The van der Waals surface area contributed by atoms with Crippen molar-refractivity contribution in [3.63, 3.8) is 0 Å². The van der Waals surface area contributed by atoms with E-state index < -0.39 is 5.97 Å². The van der Waals surface area contributed by atoms with Gasteiger partial charge in [0.15, 0.2) is 0 Å². The van der Waals surface area contributed by atoms with Gasteiger partial charge in [-0.1, -0.05) is 49.5 Å². The van der Waals surface area contributed by atoms with Crippen LogP contribution >= 0.6 is 0 Å². The molecule has 2 rings (SSSR count). The highest BCUT2D eigenvalue weighted by Crippen LogP contribution is 2.38. The summed E-state index contributed by atoms with van der Waals surface area (Å²) in [5.41, 5.74) is 1.61. The molecule has 2 aliphatic rings. The van der Waals surface area contributed by atoms with E-state index in [1.54, 1.807) is 5.57 Å². The van der Waals surface area contributed by atoms with Crippen molar-refractivity contribution in [3.05, 3.63) is 23.8 Å². The van der Waals surface area contributed by atoms with Crippen LogP contribution in [0.1, 0.15) is 89.9 Å². The first kappa shape index (κ1) is 18.3. The maximum atomic E-state index is 10.7. The SMILES string of the molecule is O=C(O)CCCC=C1CCCCCCCC=C[C@H]2CCC[C@@H]2C1. The minimum absolute atomic E-state index is 0.304. The molecule has 0 saturated heterocycles. The molecule has 0 amide bonds. The molecule has 2 atom stereocenters. The minimum atomic E-state index is -0.667. The number of hydrogen-bond donors (Lipinski definition) is 1. The van der Waals surface area contributed by atoms with E-state index in [0.717, 1.165) is 24.7 Å². The van der Waals surface area contributed by atoms with Gasteiger partial charge >= 0.3 is 5.97 Å². The molecule has 1 saturated carbocycles. The number of carbonyl (C=O) groups is 1. The largest absolute Gasteiger partial charge is 0.481 e. The van der Waals surface area contributed by atoms with Gasteiger partial charge in [-0.2, -0.15) is 0 Å². The smallest absolute Gasteiger partial charge is 0.303 e. The molecule has 0 aromatic heterocycles. The first-order chi connectivity index (χ1) is 11.3. The fourth-order valence-electron chi connectivity index (χ4n) is 4.17. The van der Waals surface area contributed by atoms with Crippen molar-refractivity contribution in [2.24, 2.45) is 11.8 Å². The third kappa shape index (κ3) is 7.37. The Labute approximate surface area is 142 Å². The summed E-state index contributed by atoms with van der Waals surface area (Å²) < 4.78 is 0. The maximum Gasteiger partial charge on any atom is 0.303 e.